The van der Waals surface area contributed by atoms with Crippen LogP contribution in [0.2, 0.25) is 0 Å². The zero-order chi connectivity index (χ0) is 16.9. The molecule has 0 bridgehead atoms. The highest BCUT2D eigenvalue weighted by molar-refractivity contribution is 7.15. The lowest BCUT2D eigenvalue weighted by Crippen LogP contribution is -2.30. The van der Waals surface area contributed by atoms with Crippen LogP contribution in [0.1, 0.15) is 49.1 Å². The van der Waals surface area contributed by atoms with Crippen molar-refractivity contribution in [1.29, 1.82) is 0 Å². The summed E-state index contributed by atoms with van der Waals surface area (Å²) in [6, 6.07) is 7.39. The van der Waals surface area contributed by atoms with Gasteiger partial charge in [-0.15, -0.1) is 10.2 Å². The Bertz CT molecular complexity index is 744. The summed E-state index contributed by atoms with van der Waals surface area (Å²) in [4.78, 5) is 24.4. The van der Waals surface area contributed by atoms with Crippen LogP contribution in [0, 0.1) is 0 Å². The van der Waals surface area contributed by atoms with Crippen LogP contribution in [0.4, 0.5) is 10.8 Å². The Kier molecular flexibility index (Phi) is 5.20. The highest BCUT2D eigenvalue weighted by Crippen LogP contribution is 2.33. The van der Waals surface area contributed by atoms with E-state index in [2.05, 4.69) is 27.8 Å². The molecule has 24 heavy (non-hydrogen) atoms. The Morgan fingerprint density at radius 1 is 1.33 bits per heavy atom. The van der Waals surface area contributed by atoms with Gasteiger partial charge in [0.1, 0.15) is 5.01 Å². The van der Waals surface area contributed by atoms with Gasteiger partial charge in [0.25, 0.3) is 0 Å². The molecule has 7 heteroatoms. The van der Waals surface area contributed by atoms with Crippen LogP contribution in [0.3, 0.4) is 0 Å². The molecule has 1 aliphatic rings. The van der Waals surface area contributed by atoms with Crippen molar-refractivity contribution in [3.8, 4) is 0 Å². The highest BCUT2D eigenvalue weighted by Gasteiger charge is 2.30. The molecule has 0 fully saturated rings. The summed E-state index contributed by atoms with van der Waals surface area (Å²) < 4.78 is 0. The van der Waals surface area contributed by atoms with Gasteiger partial charge < -0.3 is 5.32 Å². The van der Waals surface area contributed by atoms with Crippen molar-refractivity contribution < 1.29 is 9.59 Å². The van der Waals surface area contributed by atoms with Gasteiger partial charge in [0.05, 0.1) is 5.92 Å². The van der Waals surface area contributed by atoms with Crippen LogP contribution in [0.15, 0.2) is 24.3 Å². The minimum absolute atomic E-state index is 0.144. The smallest absolute Gasteiger partial charge is 0.234 e. The fourth-order valence-corrected chi connectivity index (χ4v) is 3.55. The molecule has 0 radical (unpaired) electrons. The largest absolute Gasteiger partial charge is 0.326 e. The molecule has 2 N–H and O–H groups in total. The van der Waals surface area contributed by atoms with E-state index in [0.29, 0.717) is 10.8 Å². The van der Waals surface area contributed by atoms with Gasteiger partial charge in [-0.05, 0) is 18.1 Å². The van der Waals surface area contributed by atoms with Crippen molar-refractivity contribution in [3.05, 3.63) is 34.8 Å². The van der Waals surface area contributed by atoms with Crippen LogP contribution >= 0.6 is 11.3 Å². The molecule has 6 nitrogen and oxygen atoms in total. The van der Waals surface area contributed by atoms with E-state index in [1.807, 2.05) is 24.3 Å². The molecule has 2 amide bonds. The number of para-hydroxylation sites is 1. The van der Waals surface area contributed by atoms with Gasteiger partial charge in [-0.2, -0.15) is 0 Å². The number of aryl methyl sites for hydroxylation is 1. The first-order valence-electron chi connectivity index (χ1n) is 8.19. The monoisotopic (exact) mass is 344 g/mol. The number of amides is 2. The molecule has 0 spiro atoms. The summed E-state index contributed by atoms with van der Waals surface area (Å²) in [5, 5.41) is 15.2. The van der Waals surface area contributed by atoms with Crippen molar-refractivity contribution in [2.75, 3.05) is 10.6 Å². The summed E-state index contributed by atoms with van der Waals surface area (Å²) in [5.41, 5.74) is 1.54. The summed E-state index contributed by atoms with van der Waals surface area (Å²) in [6.07, 6.45) is 4.43. The lowest BCUT2D eigenvalue weighted by atomic mass is 9.90. The van der Waals surface area contributed by atoms with Crippen molar-refractivity contribution in [1.82, 2.24) is 10.2 Å². The van der Waals surface area contributed by atoms with Gasteiger partial charge in [-0.1, -0.05) is 49.3 Å². The minimum Gasteiger partial charge on any atom is -0.326 e. The summed E-state index contributed by atoms with van der Waals surface area (Å²) in [5.74, 6) is -0.859. The molecule has 1 aliphatic heterocycles. The molecule has 1 aromatic carbocycles. The van der Waals surface area contributed by atoms with Crippen molar-refractivity contribution >= 4 is 34.0 Å². The molecule has 126 valence electrons. The van der Waals surface area contributed by atoms with E-state index in [-0.39, 0.29) is 18.2 Å². The normalized spacial score (nSPS) is 16.4. The molecule has 2 aromatic rings. The number of unbranched alkanes of at least 4 members (excludes halogenated alkanes) is 2. The predicted octanol–water partition coefficient (Wildman–Crippen LogP) is 3.34. The lowest BCUT2D eigenvalue weighted by Gasteiger charge is -2.24. The fourth-order valence-electron chi connectivity index (χ4n) is 2.77. The topological polar surface area (TPSA) is 84.0 Å². The van der Waals surface area contributed by atoms with Gasteiger partial charge in [-0.25, -0.2) is 0 Å². The second-order valence-electron chi connectivity index (χ2n) is 5.84. The number of nitrogens with zero attached hydrogens (tertiary/aromatic N) is 2. The first kappa shape index (κ1) is 16.6. The fraction of sp³-hybridized carbons (Fsp3) is 0.412. The predicted molar refractivity (Wildman–Crippen MR) is 94.2 cm³/mol. The second kappa shape index (κ2) is 7.53. The van der Waals surface area contributed by atoms with Crippen molar-refractivity contribution in [2.45, 2.75) is 44.9 Å². The van der Waals surface area contributed by atoms with Gasteiger partial charge in [0.15, 0.2) is 0 Å². The van der Waals surface area contributed by atoms with E-state index in [4.69, 9.17) is 0 Å². The number of benzene rings is 1. The maximum Gasteiger partial charge on any atom is 0.234 e. The van der Waals surface area contributed by atoms with Crippen molar-refractivity contribution in [2.24, 2.45) is 0 Å². The molecule has 0 saturated heterocycles. The summed E-state index contributed by atoms with van der Waals surface area (Å²) in [7, 11) is 0. The lowest BCUT2D eigenvalue weighted by molar-refractivity contribution is -0.123. The van der Waals surface area contributed by atoms with Gasteiger partial charge in [0, 0.05) is 18.5 Å². The molecular weight excluding hydrogens is 324 g/mol. The molecule has 3 rings (SSSR count). The molecule has 1 aromatic heterocycles. The quantitative estimate of drug-likeness (QED) is 0.787. The molecule has 1 unspecified atom stereocenters. The molecule has 2 heterocycles. The van der Waals surface area contributed by atoms with Crippen molar-refractivity contribution in [3.63, 3.8) is 0 Å². The van der Waals surface area contributed by atoms with Gasteiger partial charge in [-0.3, -0.25) is 14.9 Å². The number of nitrogens with one attached hydrogen (secondary N) is 2. The van der Waals surface area contributed by atoms with E-state index < -0.39 is 5.92 Å². The van der Waals surface area contributed by atoms with E-state index >= 15 is 0 Å². The summed E-state index contributed by atoms with van der Waals surface area (Å²) >= 11 is 1.40. The van der Waals surface area contributed by atoms with Crippen LogP contribution in [-0.2, 0) is 16.0 Å². The molecular formula is C17H20N4O2S. The number of fused-ring (bicyclic) bond motifs is 1. The van der Waals surface area contributed by atoms with E-state index in [1.165, 1.54) is 11.3 Å². The molecule has 1 atom stereocenters. The molecule has 0 saturated carbocycles. The first-order chi connectivity index (χ1) is 11.7. The maximum atomic E-state index is 12.6. The maximum absolute atomic E-state index is 12.6. The number of hydrogen-bond donors (Lipinski definition) is 2. The standard InChI is InChI=1S/C17H20N4O2S/c1-2-3-4-9-15-20-21-17(24-15)19-16(23)12-10-14(22)18-13-8-6-5-7-11(12)13/h5-8,12H,2-4,9-10H2,1H3,(H,18,22)(H,19,21,23). The minimum atomic E-state index is -0.498. The zero-order valence-electron chi connectivity index (χ0n) is 13.5. The summed E-state index contributed by atoms with van der Waals surface area (Å²) in [6.45, 7) is 2.16. The van der Waals surface area contributed by atoms with Crippen LogP contribution in [0.25, 0.3) is 0 Å². The van der Waals surface area contributed by atoms with E-state index in [0.717, 1.165) is 36.3 Å². The van der Waals surface area contributed by atoms with Gasteiger partial charge in [0.2, 0.25) is 16.9 Å². The third-order valence-electron chi connectivity index (χ3n) is 4.01. The number of anilines is 2. The van der Waals surface area contributed by atoms with E-state index in [1.54, 1.807) is 0 Å². The molecule has 0 aliphatic carbocycles. The van der Waals surface area contributed by atoms with Crippen LogP contribution < -0.4 is 10.6 Å². The third-order valence-corrected chi connectivity index (χ3v) is 4.91. The third kappa shape index (κ3) is 3.79. The highest BCUT2D eigenvalue weighted by atomic mass is 32.1. The zero-order valence-corrected chi connectivity index (χ0v) is 14.4. The average Bonchev–Trinajstić information content (AvgIpc) is 3.01. The Morgan fingerprint density at radius 3 is 3.00 bits per heavy atom. The Labute approximate surface area is 144 Å². The number of rotatable bonds is 6. The van der Waals surface area contributed by atoms with Gasteiger partial charge >= 0.3 is 0 Å². The number of hydrogen-bond acceptors (Lipinski definition) is 5. The Morgan fingerprint density at radius 2 is 2.17 bits per heavy atom. The van der Waals surface area contributed by atoms with Crippen LogP contribution in [0.5, 0.6) is 0 Å². The second-order valence-corrected chi connectivity index (χ2v) is 6.90. The Hall–Kier alpha value is -2.28. The Balaban J connectivity index is 1.68. The number of carbonyl (C=O) groups is 2. The van der Waals surface area contributed by atoms with Crippen LogP contribution in [-0.4, -0.2) is 22.0 Å². The first-order valence-corrected chi connectivity index (χ1v) is 9.01. The number of aromatic nitrogens is 2. The average molecular weight is 344 g/mol. The SMILES string of the molecule is CCCCCc1nnc(NC(=O)C2CC(=O)Nc3ccccc32)s1. The van der Waals surface area contributed by atoms with E-state index in [9.17, 15) is 9.59 Å². The number of carbonyl (C=O) groups excluding carboxylic acids is 2.